The van der Waals surface area contributed by atoms with Crippen molar-refractivity contribution < 1.29 is 14.4 Å². The van der Waals surface area contributed by atoms with E-state index in [1.165, 1.54) is 6.08 Å². The smallest absolute Gasteiger partial charge is 0.268 e. The molecule has 1 aliphatic rings. The zero-order chi connectivity index (χ0) is 21.8. The normalized spacial score (nSPS) is 13.3. The number of hydrogen-bond donors (Lipinski definition) is 0. The Balaban J connectivity index is 0.000000989. The minimum atomic E-state index is -0.590. The standard InChI is InChI=1S/C20H18N2O3.2C2H6/c1-2-17-18(23)21(13-15-9-5-3-6-10-15)20(25)22(19(17)24)14-16-11-7-4-8-12-16;2*1-2/h2-12H,13-14H2,1H3;2*1-2H3. The predicted molar refractivity (Wildman–Crippen MR) is 116 cm³/mol. The fourth-order valence-electron chi connectivity index (χ4n) is 2.76. The van der Waals surface area contributed by atoms with Crippen molar-refractivity contribution in [2.45, 2.75) is 47.7 Å². The van der Waals surface area contributed by atoms with Crippen LogP contribution in [0.1, 0.15) is 45.7 Å². The van der Waals surface area contributed by atoms with Crippen molar-refractivity contribution in [2.75, 3.05) is 0 Å². The Bertz CT molecular complexity index is 764. The van der Waals surface area contributed by atoms with E-state index in [1.807, 2.05) is 88.4 Å². The molecule has 154 valence electrons. The molecule has 1 heterocycles. The lowest BCUT2D eigenvalue weighted by Crippen LogP contribution is -2.55. The molecule has 5 nitrogen and oxygen atoms in total. The second-order valence-corrected chi connectivity index (χ2v) is 5.74. The molecule has 1 fully saturated rings. The first-order valence-electron chi connectivity index (χ1n) is 10.0. The third-order valence-electron chi connectivity index (χ3n) is 4.07. The summed E-state index contributed by atoms with van der Waals surface area (Å²) in [6.07, 6.45) is 1.47. The van der Waals surface area contributed by atoms with Crippen LogP contribution in [-0.4, -0.2) is 27.6 Å². The lowest BCUT2D eigenvalue weighted by Gasteiger charge is -2.34. The molecular formula is C24H30N2O3. The van der Waals surface area contributed by atoms with Crippen LogP contribution < -0.4 is 0 Å². The third-order valence-corrected chi connectivity index (χ3v) is 4.07. The summed E-state index contributed by atoms with van der Waals surface area (Å²) in [5, 5.41) is 0. The maximum atomic E-state index is 12.8. The van der Waals surface area contributed by atoms with E-state index >= 15 is 0 Å². The number of carbonyl (C=O) groups excluding carboxylic acids is 3. The van der Waals surface area contributed by atoms with Gasteiger partial charge in [-0.15, -0.1) is 0 Å². The van der Waals surface area contributed by atoms with Crippen LogP contribution in [0.3, 0.4) is 0 Å². The molecule has 29 heavy (non-hydrogen) atoms. The molecule has 2 aromatic rings. The first-order chi connectivity index (χ1) is 14.1. The van der Waals surface area contributed by atoms with E-state index in [2.05, 4.69) is 0 Å². The number of allylic oxidation sites excluding steroid dienone is 1. The number of hydrogen-bond acceptors (Lipinski definition) is 3. The summed E-state index contributed by atoms with van der Waals surface area (Å²) in [5.41, 5.74) is 1.67. The second kappa shape index (κ2) is 12.3. The zero-order valence-corrected chi connectivity index (χ0v) is 17.9. The molecule has 2 aromatic carbocycles. The van der Waals surface area contributed by atoms with Crippen molar-refractivity contribution in [3.63, 3.8) is 0 Å². The quantitative estimate of drug-likeness (QED) is 0.530. The maximum Gasteiger partial charge on any atom is 0.334 e. The number of rotatable bonds is 4. The van der Waals surface area contributed by atoms with Gasteiger partial charge in [0, 0.05) is 0 Å². The van der Waals surface area contributed by atoms with Gasteiger partial charge >= 0.3 is 6.03 Å². The van der Waals surface area contributed by atoms with Crippen LogP contribution in [0.2, 0.25) is 0 Å². The van der Waals surface area contributed by atoms with Gasteiger partial charge < -0.3 is 0 Å². The van der Waals surface area contributed by atoms with Crippen molar-refractivity contribution >= 4 is 17.8 Å². The fourth-order valence-corrected chi connectivity index (χ4v) is 2.76. The molecule has 0 saturated carbocycles. The molecule has 3 rings (SSSR count). The van der Waals surface area contributed by atoms with Crippen LogP contribution >= 0.6 is 0 Å². The molecule has 0 radical (unpaired) electrons. The molecular weight excluding hydrogens is 364 g/mol. The molecule has 0 atom stereocenters. The minimum Gasteiger partial charge on any atom is -0.268 e. The Morgan fingerprint density at radius 2 is 1.00 bits per heavy atom. The van der Waals surface area contributed by atoms with E-state index < -0.39 is 17.8 Å². The van der Waals surface area contributed by atoms with Gasteiger partial charge in [-0.1, -0.05) is 94.4 Å². The Labute approximate surface area is 173 Å². The molecule has 0 aromatic heterocycles. The summed E-state index contributed by atoms with van der Waals surface area (Å²) in [4.78, 5) is 40.2. The summed E-state index contributed by atoms with van der Waals surface area (Å²) in [7, 11) is 0. The summed E-state index contributed by atoms with van der Waals surface area (Å²) in [6, 6.07) is 17.9. The SMILES string of the molecule is CC.CC.CC=C1C(=O)N(Cc2ccccc2)C(=O)N(Cc2ccccc2)C1=O. The molecule has 1 saturated heterocycles. The Morgan fingerprint density at radius 1 is 0.655 bits per heavy atom. The Hall–Kier alpha value is -3.21. The molecule has 0 aliphatic carbocycles. The van der Waals surface area contributed by atoms with Crippen molar-refractivity contribution in [3.8, 4) is 0 Å². The summed E-state index contributed by atoms with van der Waals surface area (Å²) in [6.45, 7) is 9.89. The first-order valence-corrected chi connectivity index (χ1v) is 10.0. The van der Waals surface area contributed by atoms with Gasteiger partial charge in [0.2, 0.25) is 0 Å². The fraction of sp³-hybridized carbons (Fsp3) is 0.292. The van der Waals surface area contributed by atoms with Crippen molar-refractivity contribution in [2.24, 2.45) is 0 Å². The lowest BCUT2D eigenvalue weighted by atomic mass is 10.1. The highest BCUT2D eigenvalue weighted by molar-refractivity contribution is 6.28. The number of amides is 4. The van der Waals surface area contributed by atoms with Crippen LogP contribution in [0.5, 0.6) is 0 Å². The van der Waals surface area contributed by atoms with Crippen LogP contribution in [0, 0.1) is 0 Å². The largest absolute Gasteiger partial charge is 0.334 e. The van der Waals surface area contributed by atoms with Crippen LogP contribution in [0.25, 0.3) is 0 Å². The topological polar surface area (TPSA) is 57.7 Å². The van der Waals surface area contributed by atoms with E-state index in [9.17, 15) is 14.4 Å². The van der Waals surface area contributed by atoms with E-state index in [0.717, 1.165) is 20.9 Å². The van der Waals surface area contributed by atoms with Gasteiger partial charge in [0.05, 0.1) is 13.1 Å². The summed E-state index contributed by atoms with van der Waals surface area (Å²) < 4.78 is 0. The highest BCUT2D eigenvalue weighted by Crippen LogP contribution is 2.22. The number of imide groups is 2. The second-order valence-electron chi connectivity index (χ2n) is 5.74. The van der Waals surface area contributed by atoms with E-state index in [0.29, 0.717) is 0 Å². The van der Waals surface area contributed by atoms with E-state index in [1.54, 1.807) is 6.92 Å². The first kappa shape index (κ1) is 23.8. The number of benzene rings is 2. The lowest BCUT2D eigenvalue weighted by molar-refractivity contribution is -0.136. The average Bonchev–Trinajstić information content (AvgIpc) is 2.79. The van der Waals surface area contributed by atoms with Crippen molar-refractivity contribution in [1.29, 1.82) is 0 Å². The van der Waals surface area contributed by atoms with Crippen molar-refractivity contribution in [3.05, 3.63) is 83.4 Å². The van der Waals surface area contributed by atoms with Crippen molar-refractivity contribution in [1.82, 2.24) is 9.80 Å². The molecule has 0 spiro atoms. The zero-order valence-electron chi connectivity index (χ0n) is 17.9. The Kier molecular flexibility index (Phi) is 10.1. The van der Waals surface area contributed by atoms with Crippen LogP contribution in [0.15, 0.2) is 72.3 Å². The molecule has 0 bridgehead atoms. The third kappa shape index (κ3) is 5.88. The van der Waals surface area contributed by atoms with Gasteiger partial charge in [0.25, 0.3) is 11.8 Å². The molecule has 1 aliphatic heterocycles. The molecule has 5 heteroatoms. The van der Waals surface area contributed by atoms with E-state index in [-0.39, 0.29) is 18.7 Å². The molecule has 0 N–H and O–H groups in total. The number of urea groups is 1. The number of nitrogens with zero attached hydrogens (tertiary/aromatic N) is 2. The van der Waals surface area contributed by atoms with Gasteiger partial charge in [0.15, 0.2) is 0 Å². The predicted octanol–water partition coefficient (Wildman–Crippen LogP) is 5.18. The maximum absolute atomic E-state index is 12.8. The summed E-state index contributed by atoms with van der Waals surface area (Å²) >= 11 is 0. The summed E-state index contributed by atoms with van der Waals surface area (Å²) in [5.74, 6) is -1.10. The van der Waals surface area contributed by atoms with Crippen LogP contribution in [-0.2, 0) is 22.7 Å². The average molecular weight is 395 g/mol. The highest BCUT2D eigenvalue weighted by Gasteiger charge is 2.41. The monoisotopic (exact) mass is 394 g/mol. The van der Waals surface area contributed by atoms with Gasteiger partial charge in [-0.05, 0) is 18.1 Å². The minimum absolute atomic E-state index is 0.0199. The molecule has 0 unspecified atom stereocenters. The Morgan fingerprint density at radius 3 is 1.31 bits per heavy atom. The van der Waals surface area contributed by atoms with Crippen LogP contribution in [0.4, 0.5) is 4.79 Å². The highest BCUT2D eigenvalue weighted by atomic mass is 16.2. The molecule has 4 amide bonds. The van der Waals surface area contributed by atoms with Gasteiger partial charge in [0.1, 0.15) is 5.57 Å². The van der Waals surface area contributed by atoms with Gasteiger partial charge in [-0.2, -0.15) is 0 Å². The van der Waals surface area contributed by atoms with Gasteiger partial charge in [-0.25, -0.2) is 4.79 Å². The number of barbiturate groups is 1. The van der Waals surface area contributed by atoms with E-state index in [4.69, 9.17) is 0 Å². The number of carbonyl (C=O) groups is 3. The van der Waals surface area contributed by atoms with Gasteiger partial charge in [-0.3, -0.25) is 19.4 Å².